The van der Waals surface area contributed by atoms with E-state index in [4.69, 9.17) is 9.26 Å². The first-order valence-electron chi connectivity index (χ1n) is 5.97. The molecule has 90 valence electrons. The lowest BCUT2D eigenvalue weighted by molar-refractivity contribution is 0.0773. The zero-order chi connectivity index (χ0) is 11.4. The van der Waals surface area contributed by atoms with Crippen molar-refractivity contribution in [3.63, 3.8) is 0 Å². The van der Waals surface area contributed by atoms with E-state index in [0.29, 0.717) is 12.5 Å². The van der Waals surface area contributed by atoms with Gasteiger partial charge in [0.25, 0.3) is 0 Å². The van der Waals surface area contributed by atoms with Crippen molar-refractivity contribution in [2.75, 3.05) is 19.7 Å². The Morgan fingerprint density at radius 3 is 3.00 bits per heavy atom. The molecule has 1 saturated heterocycles. The summed E-state index contributed by atoms with van der Waals surface area (Å²) in [7, 11) is 0. The molecule has 2 heterocycles. The molecule has 0 bridgehead atoms. The van der Waals surface area contributed by atoms with Gasteiger partial charge < -0.3 is 14.6 Å². The Morgan fingerprint density at radius 2 is 2.38 bits per heavy atom. The maximum Gasteiger partial charge on any atom is 0.139 e. The topological polar surface area (TPSA) is 47.3 Å². The minimum atomic E-state index is 0.623. The largest absolute Gasteiger partial charge is 0.376 e. The van der Waals surface area contributed by atoms with Crippen molar-refractivity contribution in [2.24, 2.45) is 5.92 Å². The quantitative estimate of drug-likeness (QED) is 0.847. The average Bonchev–Trinajstić information content (AvgIpc) is 2.62. The molecule has 2 rings (SSSR count). The molecular weight excluding hydrogens is 204 g/mol. The highest BCUT2D eigenvalue weighted by Crippen LogP contribution is 2.15. The molecule has 1 aliphatic heterocycles. The number of hydrogen-bond acceptors (Lipinski definition) is 4. The number of aryl methyl sites for hydroxylation is 2. The molecule has 1 atom stereocenters. The molecule has 1 aromatic heterocycles. The van der Waals surface area contributed by atoms with Crippen LogP contribution in [-0.2, 0) is 11.3 Å². The van der Waals surface area contributed by atoms with Gasteiger partial charge in [-0.2, -0.15) is 0 Å². The molecule has 1 unspecified atom stereocenters. The predicted molar refractivity (Wildman–Crippen MR) is 61.2 cm³/mol. The van der Waals surface area contributed by atoms with Crippen LogP contribution < -0.4 is 5.32 Å². The SMILES string of the molecule is Cc1noc(C)c1COCC1CCCNC1. The van der Waals surface area contributed by atoms with Crippen molar-refractivity contribution in [3.05, 3.63) is 17.0 Å². The van der Waals surface area contributed by atoms with E-state index in [-0.39, 0.29) is 0 Å². The van der Waals surface area contributed by atoms with Gasteiger partial charge in [-0.3, -0.25) is 0 Å². The van der Waals surface area contributed by atoms with E-state index in [1.807, 2.05) is 13.8 Å². The first-order chi connectivity index (χ1) is 7.77. The molecule has 1 aromatic rings. The van der Waals surface area contributed by atoms with Crippen molar-refractivity contribution in [2.45, 2.75) is 33.3 Å². The lowest BCUT2D eigenvalue weighted by Gasteiger charge is -2.22. The molecule has 4 heteroatoms. The van der Waals surface area contributed by atoms with Crippen LogP contribution in [0.4, 0.5) is 0 Å². The molecular formula is C12H20N2O2. The number of ether oxygens (including phenoxy) is 1. The Morgan fingerprint density at radius 1 is 1.50 bits per heavy atom. The zero-order valence-electron chi connectivity index (χ0n) is 10.1. The smallest absolute Gasteiger partial charge is 0.139 e. The molecule has 1 aliphatic rings. The van der Waals surface area contributed by atoms with Gasteiger partial charge in [-0.15, -0.1) is 0 Å². The molecule has 0 radical (unpaired) electrons. The molecule has 16 heavy (non-hydrogen) atoms. The van der Waals surface area contributed by atoms with Gasteiger partial charge in [-0.05, 0) is 39.2 Å². The molecule has 1 N–H and O–H groups in total. The summed E-state index contributed by atoms with van der Waals surface area (Å²) in [5, 5.41) is 7.30. The third kappa shape index (κ3) is 2.83. The Balaban J connectivity index is 1.75. The van der Waals surface area contributed by atoms with Crippen molar-refractivity contribution in [1.82, 2.24) is 10.5 Å². The Bertz CT molecular complexity index is 310. The fraction of sp³-hybridized carbons (Fsp3) is 0.750. The van der Waals surface area contributed by atoms with Crippen LogP contribution >= 0.6 is 0 Å². The average molecular weight is 224 g/mol. The minimum Gasteiger partial charge on any atom is -0.376 e. The van der Waals surface area contributed by atoms with Crippen LogP contribution in [0.3, 0.4) is 0 Å². The highest BCUT2D eigenvalue weighted by Gasteiger charge is 2.14. The monoisotopic (exact) mass is 224 g/mol. The fourth-order valence-corrected chi connectivity index (χ4v) is 2.10. The van der Waals surface area contributed by atoms with Crippen LogP contribution in [0.2, 0.25) is 0 Å². The van der Waals surface area contributed by atoms with Gasteiger partial charge in [0.2, 0.25) is 0 Å². The molecule has 1 fully saturated rings. The highest BCUT2D eigenvalue weighted by atomic mass is 16.5. The third-order valence-electron chi connectivity index (χ3n) is 3.18. The standard InChI is InChI=1S/C12H20N2O2/c1-9-12(10(2)16-14-9)8-15-7-11-4-3-5-13-6-11/h11,13H,3-8H2,1-2H3. The Hall–Kier alpha value is -0.870. The number of nitrogens with zero attached hydrogens (tertiary/aromatic N) is 1. The van der Waals surface area contributed by atoms with Crippen molar-refractivity contribution < 1.29 is 9.26 Å². The first kappa shape index (κ1) is 11.6. The predicted octanol–water partition coefficient (Wildman–Crippen LogP) is 1.81. The second-order valence-electron chi connectivity index (χ2n) is 4.53. The number of piperidine rings is 1. The summed E-state index contributed by atoms with van der Waals surface area (Å²) in [5.74, 6) is 1.54. The lowest BCUT2D eigenvalue weighted by Crippen LogP contribution is -2.32. The molecule has 4 nitrogen and oxygen atoms in total. The molecule has 0 saturated carbocycles. The maximum absolute atomic E-state index is 5.74. The summed E-state index contributed by atoms with van der Waals surface area (Å²) < 4.78 is 10.8. The van der Waals surface area contributed by atoms with Crippen LogP contribution in [0.5, 0.6) is 0 Å². The Labute approximate surface area is 96.3 Å². The summed E-state index contributed by atoms with van der Waals surface area (Å²) in [4.78, 5) is 0. The van der Waals surface area contributed by atoms with E-state index < -0.39 is 0 Å². The summed E-state index contributed by atoms with van der Waals surface area (Å²) in [6.45, 7) is 7.58. The van der Waals surface area contributed by atoms with Gasteiger partial charge in [-0.25, -0.2) is 0 Å². The highest BCUT2D eigenvalue weighted by molar-refractivity contribution is 5.19. The zero-order valence-corrected chi connectivity index (χ0v) is 10.1. The van der Waals surface area contributed by atoms with Gasteiger partial charge in [0.15, 0.2) is 0 Å². The molecule has 0 spiro atoms. The van der Waals surface area contributed by atoms with Crippen LogP contribution in [0.1, 0.15) is 29.9 Å². The minimum absolute atomic E-state index is 0.623. The van der Waals surface area contributed by atoms with E-state index in [1.165, 1.54) is 12.8 Å². The van der Waals surface area contributed by atoms with Gasteiger partial charge in [-0.1, -0.05) is 5.16 Å². The molecule has 0 aromatic carbocycles. The summed E-state index contributed by atoms with van der Waals surface area (Å²) >= 11 is 0. The van der Waals surface area contributed by atoms with Crippen molar-refractivity contribution >= 4 is 0 Å². The number of aromatic nitrogens is 1. The van der Waals surface area contributed by atoms with Gasteiger partial charge in [0, 0.05) is 12.1 Å². The van der Waals surface area contributed by atoms with Gasteiger partial charge in [0.05, 0.1) is 18.9 Å². The summed E-state index contributed by atoms with van der Waals surface area (Å²) in [6.07, 6.45) is 2.54. The van der Waals surface area contributed by atoms with E-state index in [2.05, 4.69) is 10.5 Å². The fourth-order valence-electron chi connectivity index (χ4n) is 2.10. The number of nitrogens with one attached hydrogen (secondary N) is 1. The third-order valence-corrected chi connectivity index (χ3v) is 3.18. The normalized spacial score (nSPS) is 21.2. The summed E-state index contributed by atoms with van der Waals surface area (Å²) in [6, 6.07) is 0. The van der Waals surface area contributed by atoms with E-state index >= 15 is 0 Å². The number of hydrogen-bond donors (Lipinski definition) is 1. The van der Waals surface area contributed by atoms with Gasteiger partial charge in [0.1, 0.15) is 5.76 Å². The second kappa shape index (κ2) is 5.46. The molecule has 0 aliphatic carbocycles. The van der Waals surface area contributed by atoms with Crippen LogP contribution in [0.15, 0.2) is 4.52 Å². The van der Waals surface area contributed by atoms with Crippen LogP contribution in [0, 0.1) is 19.8 Å². The second-order valence-corrected chi connectivity index (χ2v) is 4.53. The first-order valence-corrected chi connectivity index (χ1v) is 5.97. The van der Waals surface area contributed by atoms with E-state index in [1.54, 1.807) is 0 Å². The van der Waals surface area contributed by atoms with Gasteiger partial charge >= 0.3 is 0 Å². The lowest BCUT2D eigenvalue weighted by atomic mass is 10.0. The number of rotatable bonds is 4. The Kier molecular flexibility index (Phi) is 3.96. The summed E-state index contributed by atoms with van der Waals surface area (Å²) in [5.41, 5.74) is 2.04. The van der Waals surface area contributed by atoms with Crippen molar-refractivity contribution in [3.8, 4) is 0 Å². The van der Waals surface area contributed by atoms with E-state index in [0.717, 1.165) is 36.7 Å². The van der Waals surface area contributed by atoms with Crippen molar-refractivity contribution in [1.29, 1.82) is 0 Å². The maximum atomic E-state index is 5.74. The van der Waals surface area contributed by atoms with Crippen LogP contribution in [-0.4, -0.2) is 24.9 Å². The van der Waals surface area contributed by atoms with Crippen LogP contribution in [0.25, 0.3) is 0 Å². The van der Waals surface area contributed by atoms with E-state index in [9.17, 15) is 0 Å². The molecule has 0 amide bonds.